The standard InChI is InChI=1S/C11H13NO/c1-8-6-9(13)4-5-10(8)11(2,3)7-12/h4-6,13H,1-3H3. The van der Waals surface area contributed by atoms with Crippen LogP contribution in [0.5, 0.6) is 5.75 Å². The highest BCUT2D eigenvalue weighted by Gasteiger charge is 2.21. The summed E-state index contributed by atoms with van der Waals surface area (Å²) in [5, 5.41) is 18.1. The van der Waals surface area contributed by atoms with Gasteiger partial charge in [0.05, 0.1) is 11.5 Å². The van der Waals surface area contributed by atoms with Gasteiger partial charge in [0.1, 0.15) is 5.75 Å². The number of nitriles is 1. The molecular weight excluding hydrogens is 162 g/mol. The number of benzene rings is 1. The predicted molar refractivity (Wildman–Crippen MR) is 51.5 cm³/mol. The Balaban J connectivity index is 3.26. The molecule has 0 heterocycles. The minimum atomic E-state index is -0.488. The smallest absolute Gasteiger partial charge is 0.115 e. The molecule has 0 aliphatic heterocycles. The molecule has 68 valence electrons. The Labute approximate surface area is 78.4 Å². The van der Waals surface area contributed by atoms with Crippen molar-refractivity contribution in [3.05, 3.63) is 29.3 Å². The number of nitrogens with zero attached hydrogens (tertiary/aromatic N) is 1. The van der Waals surface area contributed by atoms with Gasteiger partial charge in [0.2, 0.25) is 0 Å². The zero-order valence-corrected chi connectivity index (χ0v) is 8.13. The van der Waals surface area contributed by atoms with E-state index in [1.807, 2.05) is 20.8 Å². The summed E-state index contributed by atoms with van der Waals surface area (Å²) in [6.07, 6.45) is 0. The Hall–Kier alpha value is -1.49. The summed E-state index contributed by atoms with van der Waals surface area (Å²) < 4.78 is 0. The van der Waals surface area contributed by atoms with Crippen molar-refractivity contribution in [1.29, 1.82) is 5.26 Å². The molecule has 1 aromatic rings. The van der Waals surface area contributed by atoms with Crippen molar-refractivity contribution in [2.45, 2.75) is 26.2 Å². The summed E-state index contributed by atoms with van der Waals surface area (Å²) in [6, 6.07) is 7.32. The molecule has 13 heavy (non-hydrogen) atoms. The van der Waals surface area contributed by atoms with Crippen LogP contribution in [0.2, 0.25) is 0 Å². The first kappa shape index (κ1) is 9.60. The second-order valence-corrected chi connectivity index (χ2v) is 3.74. The van der Waals surface area contributed by atoms with Gasteiger partial charge in [-0.15, -0.1) is 0 Å². The van der Waals surface area contributed by atoms with Gasteiger partial charge in [-0.05, 0) is 44.0 Å². The second-order valence-electron chi connectivity index (χ2n) is 3.74. The van der Waals surface area contributed by atoms with Crippen LogP contribution >= 0.6 is 0 Å². The quantitative estimate of drug-likeness (QED) is 0.712. The Morgan fingerprint density at radius 3 is 2.46 bits per heavy atom. The third-order valence-corrected chi connectivity index (χ3v) is 2.16. The number of phenolic OH excluding ortho intramolecular Hbond substituents is 1. The van der Waals surface area contributed by atoms with Crippen LogP contribution in [-0.2, 0) is 5.41 Å². The zero-order chi connectivity index (χ0) is 10.1. The highest BCUT2D eigenvalue weighted by atomic mass is 16.3. The molecule has 0 saturated heterocycles. The van der Waals surface area contributed by atoms with Crippen molar-refractivity contribution < 1.29 is 5.11 Å². The molecule has 0 aliphatic rings. The average molecular weight is 175 g/mol. The number of phenols is 1. The average Bonchev–Trinajstić information content (AvgIpc) is 2.03. The molecule has 0 spiro atoms. The van der Waals surface area contributed by atoms with E-state index in [2.05, 4.69) is 6.07 Å². The summed E-state index contributed by atoms with van der Waals surface area (Å²) in [7, 11) is 0. The van der Waals surface area contributed by atoms with Gasteiger partial charge in [-0.25, -0.2) is 0 Å². The lowest BCUT2D eigenvalue weighted by Crippen LogP contribution is -2.15. The van der Waals surface area contributed by atoms with Crippen molar-refractivity contribution in [3.8, 4) is 11.8 Å². The maximum atomic E-state index is 9.19. The lowest BCUT2D eigenvalue weighted by molar-refractivity contribution is 0.474. The molecule has 0 saturated carbocycles. The van der Waals surface area contributed by atoms with Crippen LogP contribution in [0.15, 0.2) is 18.2 Å². The van der Waals surface area contributed by atoms with E-state index in [9.17, 15) is 5.11 Å². The van der Waals surface area contributed by atoms with Crippen molar-refractivity contribution in [1.82, 2.24) is 0 Å². The van der Waals surface area contributed by atoms with E-state index in [-0.39, 0.29) is 5.75 Å². The van der Waals surface area contributed by atoms with Crippen molar-refractivity contribution in [3.63, 3.8) is 0 Å². The van der Waals surface area contributed by atoms with Crippen LogP contribution in [0.3, 0.4) is 0 Å². The monoisotopic (exact) mass is 175 g/mol. The lowest BCUT2D eigenvalue weighted by Gasteiger charge is -2.18. The number of hydrogen-bond donors (Lipinski definition) is 1. The first-order valence-corrected chi connectivity index (χ1v) is 4.19. The summed E-state index contributed by atoms with van der Waals surface area (Å²) in [5.74, 6) is 0.245. The molecule has 1 aromatic carbocycles. The maximum Gasteiger partial charge on any atom is 0.115 e. The largest absolute Gasteiger partial charge is 0.508 e. The van der Waals surface area contributed by atoms with Crippen LogP contribution < -0.4 is 0 Å². The predicted octanol–water partition coefficient (Wildman–Crippen LogP) is 2.50. The molecule has 0 unspecified atom stereocenters. The third kappa shape index (κ3) is 1.81. The Kier molecular flexibility index (Phi) is 2.29. The molecular formula is C11H13NO. The molecule has 0 radical (unpaired) electrons. The van der Waals surface area contributed by atoms with E-state index in [0.717, 1.165) is 11.1 Å². The first-order valence-electron chi connectivity index (χ1n) is 4.19. The number of rotatable bonds is 1. The van der Waals surface area contributed by atoms with Crippen LogP contribution in [0.1, 0.15) is 25.0 Å². The van der Waals surface area contributed by atoms with Crippen LogP contribution in [0, 0.1) is 18.3 Å². The highest BCUT2D eigenvalue weighted by molar-refractivity contribution is 5.41. The fourth-order valence-corrected chi connectivity index (χ4v) is 1.41. The minimum Gasteiger partial charge on any atom is -0.508 e. The fourth-order valence-electron chi connectivity index (χ4n) is 1.41. The Morgan fingerprint density at radius 1 is 1.38 bits per heavy atom. The summed E-state index contributed by atoms with van der Waals surface area (Å²) in [5.41, 5.74) is 1.43. The van der Waals surface area contributed by atoms with E-state index in [0.29, 0.717) is 0 Å². The van der Waals surface area contributed by atoms with Gasteiger partial charge in [0.15, 0.2) is 0 Å². The molecule has 1 N–H and O–H groups in total. The molecule has 2 nitrogen and oxygen atoms in total. The van der Waals surface area contributed by atoms with E-state index in [1.165, 1.54) is 0 Å². The van der Waals surface area contributed by atoms with Gasteiger partial charge in [0, 0.05) is 0 Å². The van der Waals surface area contributed by atoms with Gasteiger partial charge >= 0.3 is 0 Å². The maximum absolute atomic E-state index is 9.19. The zero-order valence-electron chi connectivity index (χ0n) is 8.13. The highest BCUT2D eigenvalue weighted by Crippen LogP contribution is 2.27. The van der Waals surface area contributed by atoms with Gasteiger partial charge < -0.3 is 5.11 Å². The normalized spacial score (nSPS) is 10.9. The van der Waals surface area contributed by atoms with Crippen molar-refractivity contribution in [2.75, 3.05) is 0 Å². The fraction of sp³-hybridized carbons (Fsp3) is 0.364. The summed E-state index contributed by atoms with van der Waals surface area (Å²) >= 11 is 0. The van der Waals surface area contributed by atoms with Gasteiger partial charge in [-0.2, -0.15) is 5.26 Å². The Morgan fingerprint density at radius 2 is 2.00 bits per heavy atom. The molecule has 0 amide bonds. The van der Waals surface area contributed by atoms with E-state index in [4.69, 9.17) is 5.26 Å². The number of aryl methyl sites for hydroxylation is 1. The van der Waals surface area contributed by atoms with E-state index in [1.54, 1.807) is 18.2 Å². The van der Waals surface area contributed by atoms with E-state index >= 15 is 0 Å². The molecule has 0 fully saturated rings. The van der Waals surface area contributed by atoms with Crippen LogP contribution in [0.25, 0.3) is 0 Å². The topological polar surface area (TPSA) is 44.0 Å². The van der Waals surface area contributed by atoms with Gasteiger partial charge in [0.25, 0.3) is 0 Å². The minimum absolute atomic E-state index is 0.245. The van der Waals surface area contributed by atoms with Crippen molar-refractivity contribution >= 4 is 0 Å². The molecule has 0 atom stereocenters. The van der Waals surface area contributed by atoms with Gasteiger partial charge in [-0.1, -0.05) is 6.07 Å². The number of aromatic hydroxyl groups is 1. The Bertz CT molecular complexity index is 361. The molecule has 2 heteroatoms. The van der Waals surface area contributed by atoms with Crippen LogP contribution in [-0.4, -0.2) is 5.11 Å². The first-order chi connectivity index (χ1) is 5.97. The SMILES string of the molecule is Cc1cc(O)ccc1C(C)(C)C#N. The van der Waals surface area contributed by atoms with E-state index < -0.39 is 5.41 Å². The second kappa shape index (κ2) is 3.10. The molecule has 0 aromatic heterocycles. The number of hydrogen-bond acceptors (Lipinski definition) is 2. The molecule has 1 rings (SSSR count). The summed E-state index contributed by atoms with van der Waals surface area (Å²) in [4.78, 5) is 0. The lowest BCUT2D eigenvalue weighted by atomic mass is 9.83. The van der Waals surface area contributed by atoms with Crippen LogP contribution in [0.4, 0.5) is 0 Å². The van der Waals surface area contributed by atoms with Crippen molar-refractivity contribution in [2.24, 2.45) is 0 Å². The van der Waals surface area contributed by atoms with Gasteiger partial charge in [-0.3, -0.25) is 0 Å². The summed E-state index contributed by atoms with van der Waals surface area (Å²) in [6.45, 7) is 5.63. The molecule has 0 bridgehead atoms. The third-order valence-electron chi connectivity index (χ3n) is 2.16. The molecule has 0 aliphatic carbocycles.